The Balaban J connectivity index is 1.96. The number of anilines is 1. The number of thiocarbonyl (C=S) groups is 1. The van der Waals surface area contributed by atoms with Crippen LogP contribution in [0.3, 0.4) is 0 Å². The minimum Gasteiger partial charge on any atom is -0.322 e. The molecule has 2 fully saturated rings. The second kappa shape index (κ2) is 4.21. The fraction of sp³-hybridized carbons (Fsp3) is 0.417. The maximum atomic E-state index is 11.7. The van der Waals surface area contributed by atoms with Gasteiger partial charge in [-0.05, 0) is 19.1 Å². The van der Waals surface area contributed by atoms with Crippen molar-refractivity contribution in [3.05, 3.63) is 29.8 Å². The fourth-order valence-corrected chi connectivity index (χ4v) is 6.85. The average molecular weight is 299 g/mol. The van der Waals surface area contributed by atoms with Gasteiger partial charge in [-0.25, -0.2) is 8.42 Å². The summed E-state index contributed by atoms with van der Waals surface area (Å²) in [5, 5.41) is 0.101. The van der Waals surface area contributed by atoms with Gasteiger partial charge < -0.3 is 4.90 Å². The van der Waals surface area contributed by atoms with E-state index in [1.165, 1.54) is 17.3 Å². The Morgan fingerprint density at radius 2 is 1.94 bits per heavy atom. The molecule has 2 atom stereocenters. The van der Waals surface area contributed by atoms with E-state index >= 15 is 0 Å². The lowest BCUT2D eigenvalue weighted by Gasteiger charge is -2.24. The molecule has 0 N–H and O–H groups in total. The van der Waals surface area contributed by atoms with E-state index < -0.39 is 9.84 Å². The Labute approximate surface area is 116 Å². The number of nitrogens with zero attached hydrogens (tertiary/aromatic N) is 1. The third-order valence-electron chi connectivity index (χ3n) is 3.36. The number of rotatable bonds is 1. The van der Waals surface area contributed by atoms with Crippen LogP contribution in [-0.4, -0.2) is 35.5 Å². The van der Waals surface area contributed by atoms with Gasteiger partial charge in [0.25, 0.3) is 0 Å². The fourth-order valence-electron chi connectivity index (χ4n) is 2.47. The van der Waals surface area contributed by atoms with Crippen LogP contribution in [0.25, 0.3) is 0 Å². The van der Waals surface area contributed by atoms with Crippen molar-refractivity contribution in [2.45, 2.75) is 18.2 Å². The van der Waals surface area contributed by atoms with Crippen molar-refractivity contribution in [1.82, 2.24) is 0 Å². The van der Waals surface area contributed by atoms with Gasteiger partial charge in [-0.15, -0.1) is 0 Å². The Morgan fingerprint density at radius 3 is 2.61 bits per heavy atom. The topological polar surface area (TPSA) is 37.4 Å². The van der Waals surface area contributed by atoms with Crippen LogP contribution >= 0.6 is 24.0 Å². The first-order chi connectivity index (χ1) is 8.46. The zero-order chi connectivity index (χ0) is 12.9. The van der Waals surface area contributed by atoms with Gasteiger partial charge in [0.2, 0.25) is 0 Å². The van der Waals surface area contributed by atoms with Crippen LogP contribution in [0.5, 0.6) is 0 Å². The number of sulfone groups is 1. The second-order valence-electron chi connectivity index (χ2n) is 4.77. The first-order valence-electron chi connectivity index (χ1n) is 5.73. The lowest BCUT2D eigenvalue weighted by Crippen LogP contribution is -2.36. The van der Waals surface area contributed by atoms with Crippen LogP contribution in [0.1, 0.15) is 5.56 Å². The predicted octanol–water partition coefficient (Wildman–Crippen LogP) is 2.00. The molecule has 0 aromatic heterocycles. The largest absolute Gasteiger partial charge is 0.322 e. The first-order valence-corrected chi connectivity index (χ1v) is 8.84. The molecule has 18 heavy (non-hydrogen) atoms. The van der Waals surface area contributed by atoms with E-state index in [4.69, 9.17) is 12.2 Å². The van der Waals surface area contributed by atoms with E-state index in [1.807, 2.05) is 36.1 Å². The Hall–Kier alpha value is -0.590. The van der Waals surface area contributed by atoms with Gasteiger partial charge in [-0.3, -0.25) is 0 Å². The first kappa shape index (κ1) is 12.4. The van der Waals surface area contributed by atoms with Crippen LogP contribution < -0.4 is 4.90 Å². The summed E-state index contributed by atoms with van der Waals surface area (Å²) in [6, 6.07) is 8.08. The molecule has 0 saturated carbocycles. The number of hydrogen-bond acceptors (Lipinski definition) is 4. The normalized spacial score (nSPS) is 29.6. The number of aryl methyl sites for hydroxylation is 1. The molecule has 0 unspecified atom stereocenters. The van der Waals surface area contributed by atoms with E-state index in [9.17, 15) is 8.42 Å². The Kier molecular flexibility index (Phi) is 2.91. The molecule has 2 heterocycles. The van der Waals surface area contributed by atoms with Gasteiger partial charge in [-0.1, -0.05) is 41.7 Å². The monoisotopic (exact) mass is 299 g/mol. The molecule has 96 valence electrons. The van der Waals surface area contributed by atoms with Crippen LogP contribution in [0, 0.1) is 6.92 Å². The molecule has 3 nitrogen and oxygen atoms in total. The third kappa shape index (κ3) is 2.06. The summed E-state index contributed by atoms with van der Waals surface area (Å²) < 4.78 is 24.2. The van der Waals surface area contributed by atoms with Crippen molar-refractivity contribution in [3.8, 4) is 0 Å². The van der Waals surface area contributed by atoms with Gasteiger partial charge in [0.05, 0.1) is 17.5 Å². The minimum absolute atomic E-state index is 0.00945. The molecule has 0 spiro atoms. The molecular formula is C12H13NO2S3. The molecule has 2 aliphatic rings. The zero-order valence-corrected chi connectivity index (χ0v) is 12.3. The predicted molar refractivity (Wildman–Crippen MR) is 80.1 cm³/mol. The highest BCUT2D eigenvalue weighted by molar-refractivity contribution is 8.24. The van der Waals surface area contributed by atoms with Crippen molar-refractivity contribution in [2.75, 3.05) is 16.4 Å². The molecule has 0 amide bonds. The van der Waals surface area contributed by atoms with Crippen LogP contribution in [0.2, 0.25) is 0 Å². The molecule has 1 aromatic carbocycles. The second-order valence-corrected chi connectivity index (χ2v) is 8.80. The van der Waals surface area contributed by atoms with E-state index in [0.717, 1.165) is 10.0 Å². The van der Waals surface area contributed by atoms with E-state index in [0.29, 0.717) is 0 Å². The van der Waals surface area contributed by atoms with Crippen molar-refractivity contribution >= 4 is 43.8 Å². The third-order valence-corrected chi connectivity index (χ3v) is 6.96. The SMILES string of the molecule is Cc1ccc(N2C(=S)S[C@@H]3CS(=O)(=O)C[C@@H]32)cc1. The molecule has 6 heteroatoms. The summed E-state index contributed by atoms with van der Waals surface area (Å²) in [6.45, 7) is 2.03. The molecule has 2 saturated heterocycles. The Morgan fingerprint density at radius 1 is 1.28 bits per heavy atom. The van der Waals surface area contributed by atoms with Crippen molar-refractivity contribution in [1.29, 1.82) is 0 Å². The van der Waals surface area contributed by atoms with E-state index in [1.54, 1.807) is 0 Å². The standard InChI is InChI=1S/C12H13NO2S3/c1-8-2-4-9(5-3-8)13-10-6-18(14,15)7-11(10)17-12(13)16/h2-5,10-11H,6-7H2,1H3/t10-,11+/m0/s1. The van der Waals surface area contributed by atoms with Crippen LogP contribution in [0.4, 0.5) is 5.69 Å². The summed E-state index contributed by atoms with van der Waals surface area (Å²) in [5.41, 5.74) is 2.19. The van der Waals surface area contributed by atoms with E-state index in [2.05, 4.69) is 0 Å². The zero-order valence-electron chi connectivity index (χ0n) is 9.87. The minimum atomic E-state index is -2.90. The lowest BCUT2D eigenvalue weighted by atomic mass is 10.1. The maximum absolute atomic E-state index is 11.7. The number of benzene rings is 1. The Bertz CT molecular complexity index is 594. The highest BCUT2D eigenvalue weighted by Gasteiger charge is 2.48. The van der Waals surface area contributed by atoms with Crippen LogP contribution in [0.15, 0.2) is 24.3 Å². The van der Waals surface area contributed by atoms with Gasteiger partial charge in [0, 0.05) is 10.9 Å². The van der Waals surface area contributed by atoms with E-state index in [-0.39, 0.29) is 22.8 Å². The van der Waals surface area contributed by atoms with Crippen molar-refractivity contribution in [3.63, 3.8) is 0 Å². The molecule has 0 bridgehead atoms. The van der Waals surface area contributed by atoms with Crippen LogP contribution in [-0.2, 0) is 9.84 Å². The number of hydrogen-bond donors (Lipinski definition) is 0. The van der Waals surface area contributed by atoms with Gasteiger partial charge in [-0.2, -0.15) is 0 Å². The summed E-state index contributed by atoms with van der Waals surface area (Å²) in [4.78, 5) is 2.01. The number of fused-ring (bicyclic) bond motifs is 1. The van der Waals surface area contributed by atoms with Gasteiger partial charge in [0.1, 0.15) is 4.32 Å². The van der Waals surface area contributed by atoms with Crippen molar-refractivity contribution in [2.24, 2.45) is 0 Å². The molecule has 1 aromatic rings. The smallest absolute Gasteiger partial charge is 0.153 e. The summed E-state index contributed by atoms with van der Waals surface area (Å²) >= 11 is 6.90. The van der Waals surface area contributed by atoms with Crippen molar-refractivity contribution < 1.29 is 8.42 Å². The highest BCUT2D eigenvalue weighted by atomic mass is 32.2. The summed E-state index contributed by atoms with van der Waals surface area (Å²) in [6.07, 6.45) is 0. The molecular weight excluding hydrogens is 286 g/mol. The molecule has 0 aliphatic carbocycles. The quantitative estimate of drug-likeness (QED) is 0.742. The lowest BCUT2D eigenvalue weighted by molar-refractivity contribution is 0.601. The van der Waals surface area contributed by atoms with Gasteiger partial charge >= 0.3 is 0 Å². The molecule has 3 rings (SSSR count). The summed E-state index contributed by atoms with van der Waals surface area (Å²) in [5.74, 6) is 0.476. The average Bonchev–Trinajstić information content (AvgIpc) is 2.70. The summed E-state index contributed by atoms with van der Waals surface area (Å²) in [7, 11) is -2.90. The molecule has 0 radical (unpaired) electrons. The van der Waals surface area contributed by atoms with Gasteiger partial charge in [0.15, 0.2) is 9.84 Å². The maximum Gasteiger partial charge on any atom is 0.153 e. The molecule has 2 aliphatic heterocycles. The highest BCUT2D eigenvalue weighted by Crippen LogP contribution is 2.40. The number of thioether (sulfide) groups is 1.